The van der Waals surface area contributed by atoms with Crippen LogP contribution in [0, 0.1) is 0 Å². The van der Waals surface area contributed by atoms with E-state index in [-0.39, 0.29) is 12.1 Å². The van der Waals surface area contributed by atoms with Crippen LogP contribution in [0.2, 0.25) is 0 Å². The number of aliphatic hydroxyl groups is 1. The lowest BCUT2D eigenvalue weighted by Crippen LogP contribution is -2.42. The first kappa shape index (κ1) is 20.1. The standard InChI is InChI=1S/C21H29NO4S/c1-14(2)26-13-16(23)12-22-8-7-15-10-18(24-3)19(25-4)11-17(15)21(22)20-6-5-9-27-20/h5-6,9-11,14,16,21,23H,7-8,12-13H2,1-4H3. The summed E-state index contributed by atoms with van der Waals surface area (Å²) in [5.74, 6) is 1.50. The monoisotopic (exact) mass is 391 g/mol. The highest BCUT2D eigenvalue weighted by atomic mass is 32.1. The molecular formula is C21H29NO4S. The predicted octanol–water partition coefficient (Wildman–Crippen LogP) is 3.50. The molecule has 0 aliphatic carbocycles. The number of benzene rings is 1. The molecule has 2 atom stereocenters. The number of methoxy groups -OCH3 is 2. The maximum Gasteiger partial charge on any atom is 0.161 e. The van der Waals surface area contributed by atoms with Gasteiger partial charge in [-0.25, -0.2) is 0 Å². The van der Waals surface area contributed by atoms with Crippen LogP contribution in [-0.4, -0.2) is 56.1 Å². The first-order chi connectivity index (χ1) is 13.0. The van der Waals surface area contributed by atoms with Crippen LogP contribution >= 0.6 is 11.3 Å². The molecule has 1 aromatic heterocycles. The fourth-order valence-corrected chi connectivity index (χ4v) is 4.48. The number of hydrogen-bond acceptors (Lipinski definition) is 6. The molecule has 1 aliphatic rings. The Kier molecular flexibility index (Phi) is 6.76. The SMILES string of the molecule is COc1cc2c(cc1OC)C(c1cccs1)N(CC(O)COC(C)C)CC2. The molecule has 27 heavy (non-hydrogen) atoms. The van der Waals surface area contributed by atoms with Gasteiger partial charge in [-0.05, 0) is 55.0 Å². The first-order valence-electron chi connectivity index (χ1n) is 9.35. The largest absolute Gasteiger partial charge is 0.493 e. The second kappa shape index (κ2) is 9.06. The summed E-state index contributed by atoms with van der Waals surface area (Å²) < 4.78 is 16.6. The van der Waals surface area contributed by atoms with E-state index >= 15 is 0 Å². The molecule has 0 spiro atoms. The third-order valence-corrected chi connectivity index (χ3v) is 5.78. The summed E-state index contributed by atoms with van der Waals surface area (Å²) in [6, 6.07) is 8.50. The van der Waals surface area contributed by atoms with Crippen molar-refractivity contribution in [3.63, 3.8) is 0 Å². The molecule has 0 saturated heterocycles. The van der Waals surface area contributed by atoms with Crippen LogP contribution < -0.4 is 9.47 Å². The number of hydrogen-bond donors (Lipinski definition) is 1. The molecule has 1 aromatic carbocycles. The molecule has 1 aliphatic heterocycles. The van der Waals surface area contributed by atoms with Crippen molar-refractivity contribution in [2.75, 3.05) is 33.9 Å². The second-order valence-corrected chi connectivity index (χ2v) is 8.08. The van der Waals surface area contributed by atoms with Gasteiger partial charge in [-0.3, -0.25) is 4.90 Å². The Morgan fingerprint density at radius 1 is 1.22 bits per heavy atom. The van der Waals surface area contributed by atoms with E-state index in [4.69, 9.17) is 14.2 Å². The van der Waals surface area contributed by atoms with Gasteiger partial charge >= 0.3 is 0 Å². The topological polar surface area (TPSA) is 51.2 Å². The fourth-order valence-electron chi connectivity index (χ4n) is 3.60. The van der Waals surface area contributed by atoms with Crippen molar-refractivity contribution in [2.24, 2.45) is 0 Å². The van der Waals surface area contributed by atoms with Crippen molar-refractivity contribution in [1.29, 1.82) is 0 Å². The molecule has 0 radical (unpaired) electrons. The van der Waals surface area contributed by atoms with Crippen LogP contribution in [0.5, 0.6) is 11.5 Å². The van der Waals surface area contributed by atoms with Gasteiger partial charge in [-0.2, -0.15) is 0 Å². The van der Waals surface area contributed by atoms with E-state index in [9.17, 15) is 5.11 Å². The van der Waals surface area contributed by atoms with Crippen LogP contribution in [0.1, 0.15) is 35.9 Å². The Morgan fingerprint density at radius 2 is 1.96 bits per heavy atom. The number of rotatable bonds is 8. The Bertz CT molecular complexity index is 732. The lowest BCUT2D eigenvalue weighted by molar-refractivity contribution is -0.0129. The van der Waals surface area contributed by atoms with E-state index < -0.39 is 6.10 Å². The van der Waals surface area contributed by atoms with E-state index in [1.165, 1.54) is 16.0 Å². The van der Waals surface area contributed by atoms with E-state index in [0.717, 1.165) is 24.5 Å². The van der Waals surface area contributed by atoms with Gasteiger partial charge in [0, 0.05) is 18.0 Å². The van der Waals surface area contributed by atoms with Crippen LogP contribution in [-0.2, 0) is 11.2 Å². The molecule has 0 amide bonds. The summed E-state index contributed by atoms with van der Waals surface area (Å²) in [5.41, 5.74) is 2.49. The zero-order valence-electron chi connectivity index (χ0n) is 16.5. The summed E-state index contributed by atoms with van der Waals surface area (Å²) in [4.78, 5) is 3.61. The second-order valence-electron chi connectivity index (χ2n) is 7.10. The van der Waals surface area contributed by atoms with Crippen molar-refractivity contribution >= 4 is 11.3 Å². The predicted molar refractivity (Wildman–Crippen MR) is 108 cm³/mol. The summed E-state index contributed by atoms with van der Waals surface area (Å²) in [5, 5.41) is 12.6. The van der Waals surface area contributed by atoms with Gasteiger partial charge in [-0.15, -0.1) is 11.3 Å². The van der Waals surface area contributed by atoms with E-state index in [1.54, 1.807) is 25.6 Å². The van der Waals surface area contributed by atoms with Gasteiger partial charge in [0.05, 0.1) is 39.1 Å². The van der Waals surface area contributed by atoms with Crippen molar-refractivity contribution in [1.82, 2.24) is 4.90 Å². The maximum atomic E-state index is 10.5. The minimum atomic E-state index is -0.517. The zero-order chi connectivity index (χ0) is 19.4. The lowest BCUT2D eigenvalue weighted by Gasteiger charge is -2.38. The highest BCUT2D eigenvalue weighted by Crippen LogP contribution is 2.42. The van der Waals surface area contributed by atoms with Crippen molar-refractivity contribution in [2.45, 2.75) is 38.5 Å². The number of fused-ring (bicyclic) bond motifs is 1. The summed E-state index contributed by atoms with van der Waals surface area (Å²) >= 11 is 1.74. The average Bonchev–Trinajstić information content (AvgIpc) is 3.19. The number of thiophene rings is 1. The van der Waals surface area contributed by atoms with E-state index in [0.29, 0.717) is 13.2 Å². The molecule has 2 unspecified atom stereocenters. The molecule has 3 rings (SSSR count). The van der Waals surface area contributed by atoms with Crippen molar-refractivity contribution in [3.8, 4) is 11.5 Å². The van der Waals surface area contributed by atoms with E-state index in [1.807, 2.05) is 13.8 Å². The molecule has 1 N–H and O–H groups in total. The summed E-state index contributed by atoms with van der Waals surface area (Å²) in [7, 11) is 3.33. The Hall–Kier alpha value is -1.60. The molecule has 2 heterocycles. The molecule has 0 saturated carbocycles. The van der Waals surface area contributed by atoms with Crippen LogP contribution in [0.4, 0.5) is 0 Å². The lowest BCUT2D eigenvalue weighted by atomic mass is 9.90. The number of nitrogens with zero attached hydrogens (tertiary/aromatic N) is 1. The molecule has 6 heteroatoms. The minimum Gasteiger partial charge on any atom is -0.493 e. The third-order valence-electron chi connectivity index (χ3n) is 4.85. The number of β-amino-alcohol motifs (C(OH)–C–C–N with tert-alkyl or cyclic N) is 1. The maximum absolute atomic E-state index is 10.5. The van der Waals surface area contributed by atoms with Gasteiger partial charge in [0.15, 0.2) is 11.5 Å². The van der Waals surface area contributed by atoms with Gasteiger partial charge in [-0.1, -0.05) is 6.07 Å². The first-order valence-corrected chi connectivity index (χ1v) is 10.2. The molecular weight excluding hydrogens is 362 g/mol. The van der Waals surface area contributed by atoms with Crippen LogP contribution in [0.3, 0.4) is 0 Å². The van der Waals surface area contributed by atoms with Gasteiger partial charge < -0.3 is 19.3 Å². The van der Waals surface area contributed by atoms with Gasteiger partial charge in [0.1, 0.15) is 0 Å². The number of aliphatic hydroxyl groups excluding tert-OH is 1. The molecule has 2 aromatic rings. The zero-order valence-corrected chi connectivity index (χ0v) is 17.3. The van der Waals surface area contributed by atoms with Crippen molar-refractivity contribution < 1.29 is 19.3 Å². The molecule has 148 valence electrons. The summed E-state index contributed by atoms with van der Waals surface area (Å²) in [6.07, 6.45) is 0.512. The van der Waals surface area contributed by atoms with Crippen molar-refractivity contribution in [3.05, 3.63) is 45.6 Å². The molecule has 0 bridgehead atoms. The smallest absolute Gasteiger partial charge is 0.161 e. The highest BCUT2D eigenvalue weighted by molar-refractivity contribution is 7.10. The fraction of sp³-hybridized carbons (Fsp3) is 0.524. The average molecular weight is 392 g/mol. The van der Waals surface area contributed by atoms with Gasteiger partial charge in [0.25, 0.3) is 0 Å². The molecule has 5 nitrogen and oxygen atoms in total. The number of ether oxygens (including phenoxy) is 3. The Balaban J connectivity index is 1.91. The molecule has 0 fully saturated rings. The Morgan fingerprint density at radius 3 is 2.59 bits per heavy atom. The Labute approximate surface area is 165 Å². The van der Waals surface area contributed by atoms with Crippen LogP contribution in [0.25, 0.3) is 0 Å². The quantitative estimate of drug-likeness (QED) is 0.746. The third kappa shape index (κ3) is 4.63. The summed E-state index contributed by atoms with van der Waals surface area (Å²) in [6.45, 7) is 5.77. The highest BCUT2D eigenvalue weighted by Gasteiger charge is 2.32. The van der Waals surface area contributed by atoms with E-state index in [2.05, 4.69) is 34.5 Å². The normalized spacial score (nSPS) is 18.4. The minimum absolute atomic E-state index is 0.0993. The van der Waals surface area contributed by atoms with Crippen LogP contribution in [0.15, 0.2) is 29.6 Å². The van der Waals surface area contributed by atoms with Gasteiger partial charge in [0.2, 0.25) is 0 Å².